The van der Waals surface area contributed by atoms with E-state index in [0.29, 0.717) is 11.3 Å². The molecule has 3 heteroatoms. The summed E-state index contributed by atoms with van der Waals surface area (Å²) in [6.45, 7) is 2.24. The van der Waals surface area contributed by atoms with Crippen LogP contribution >= 0.6 is 0 Å². The third-order valence-corrected chi connectivity index (χ3v) is 5.78. The Labute approximate surface area is 148 Å². The average molecular weight is 348 g/mol. The first-order valence-corrected chi connectivity index (χ1v) is 9.67. The van der Waals surface area contributed by atoms with E-state index in [4.69, 9.17) is 0 Å². The molecule has 1 fully saturated rings. The highest BCUT2D eigenvalue weighted by Gasteiger charge is 2.23. The smallest absolute Gasteiger partial charge is 0.195 e. The zero-order valence-corrected chi connectivity index (χ0v) is 15.0. The van der Waals surface area contributed by atoms with Crippen molar-refractivity contribution in [2.45, 2.75) is 70.6 Å². The minimum Gasteiger partial charge on any atom is -0.204 e. The third kappa shape index (κ3) is 4.19. The lowest BCUT2D eigenvalue weighted by Gasteiger charge is -2.29. The Bertz CT molecular complexity index is 715. The highest BCUT2D eigenvalue weighted by Crippen LogP contribution is 2.39. The molecule has 0 heterocycles. The summed E-state index contributed by atoms with van der Waals surface area (Å²) in [5.41, 5.74) is 1.13. The Morgan fingerprint density at radius 1 is 0.880 bits per heavy atom. The van der Waals surface area contributed by atoms with Crippen LogP contribution in [0.5, 0.6) is 0 Å². The molecule has 0 amide bonds. The maximum atomic E-state index is 13.8. The van der Waals surface area contributed by atoms with Crippen molar-refractivity contribution in [1.82, 2.24) is 0 Å². The molecule has 1 saturated carbocycles. The summed E-state index contributed by atoms with van der Waals surface area (Å²) in [6, 6.07) is 6.43. The summed E-state index contributed by atoms with van der Waals surface area (Å²) in [7, 11) is 0. The molecule has 0 spiro atoms. The Morgan fingerprint density at radius 2 is 1.64 bits per heavy atom. The average Bonchev–Trinajstić information content (AvgIpc) is 2.63. The largest absolute Gasteiger partial charge is 0.204 e. The SMILES string of the molecule is CCCCCCC1CCC(c2ccc3c(F)c(F)c(F)cc3c2)CC1. The van der Waals surface area contributed by atoms with Crippen molar-refractivity contribution in [3.8, 4) is 0 Å². The molecule has 2 aromatic rings. The van der Waals surface area contributed by atoms with Gasteiger partial charge in [-0.05, 0) is 54.5 Å². The van der Waals surface area contributed by atoms with Gasteiger partial charge in [-0.2, -0.15) is 0 Å². The van der Waals surface area contributed by atoms with Gasteiger partial charge < -0.3 is 0 Å². The normalized spacial score (nSPS) is 21.0. The van der Waals surface area contributed by atoms with Gasteiger partial charge in [-0.1, -0.05) is 57.2 Å². The molecule has 0 N–H and O–H groups in total. The topological polar surface area (TPSA) is 0 Å². The van der Waals surface area contributed by atoms with Crippen LogP contribution in [0.2, 0.25) is 0 Å². The standard InChI is InChI=1S/C22H27F3/c1-2-3-4-5-6-15-7-9-16(10-8-15)17-11-12-19-18(13-17)14-20(23)22(25)21(19)24/h11-16H,2-10H2,1H3. The molecular formula is C22H27F3. The van der Waals surface area contributed by atoms with Crippen LogP contribution in [-0.2, 0) is 0 Å². The Hall–Kier alpha value is -1.51. The molecule has 3 rings (SSSR count). The van der Waals surface area contributed by atoms with Gasteiger partial charge in [-0.3, -0.25) is 0 Å². The number of rotatable bonds is 6. The number of unbranched alkanes of at least 4 members (excludes halogenated alkanes) is 3. The van der Waals surface area contributed by atoms with Crippen LogP contribution in [0.25, 0.3) is 10.8 Å². The van der Waals surface area contributed by atoms with Gasteiger partial charge in [0.25, 0.3) is 0 Å². The van der Waals surface area contributed by atoms with Gasteiger partial charge in [0.1, 0.15) is 0 Å². The first-order valence-electron chi connectivity index (χ1n) is 9.67. The minimum atomic E-state index is -1.39. The maximum Gasteiger partial charge on any atom is 0.195 e. The first kappa shape index (κ1) is 18.3. The zero-order valence-electron chi connectivity index (χ0n) is 15.0. The summed E-state index contributed by atoms with van der Waals surface area (Å²) < 4.78 is 40.7. The molecular weight excluding hydrogens is 321 g/mol. The van der Waals surface area contributed by atoms with Crippen molar-refractivity contribution in [2.24, 2.45) is 5.92 Å². The van der Waals surface area contributed by atoms with Crippen LogP contribution in [0.15, 0.2) is 24.3 Å². The van der Waals surface area contributed by atoms with Gasteiger partial charge in [0.2, 0.25) is 0 Å². The fourth-order valence-electron chi connectivity index (χ4n) is 4.22. The Balaban J connectivity index is 1.64. The predicted octanol–water partition coefficient (Wildman–Crippen LogP) is 7.50. The van der Waals surface area contributed by atoms with E-state index < -0.39 is 17.5 Å². The molecule has 25 heavy (non-hydrogen) atoms. The lowest BCUT2D eigenvalue weighted by atomic mass is 9.76. The second kappa shape index (κ2) is 8.25. The molecule has 0 unspecified atom stereocenters. The van der Waals surface area contributed by atoms with Gasteiger partial charge in [-0.25, -0.2) is 13.2 Å². The fourth-order valence-corrected chi connectivity index (χ4v) is 4.22. The monoisotopic (exact) mass is 348 g/mol. The lowest BCUT2D eigenvalue weighted by molar-refractivity contribution is 0.302. The van der Waals surface area contributed by atoms with Crippen molar-refractivity contribution in [1.29, 1.82) is 0 Å². The highest BCUT2D eigenvalue weighted by molar-refractivity contribution is 5.84. The Kier molecular flexibility index (Phi) is 6.03. The van der Waals surface area contributed by atoms with E-state index in [-0.39, 0.29) is 5.39 Å². The quantitative estimate of drug-likeness (QED) is 0.374. The molecule has 0 nitrogen and oxygen atoms in total. The van der Waals surface area contributed by atoms with E-state index in [0.717, 1.165) is 30.4 Å². The zero-order chi connectivity index (χ0) is 17.8. The second-order valence-electron chi connectivity index (χ2n) is 7.53. The van der Waals surface area contributed by atoms with Crippen molar-refractivity contribution in [3.05, 3.63) is 47.3 Å². The molecule has 1 aliphatic rings. The maximum absolute atomic E-state index is 13.8. The highest BCUT2D eigenvalue weighted by atomic mass is 19.2. The van der Waals surface area contributed by atoms with Crippen molar-refractivity contribution in [3.63, 3.8) is 0 Å². The summed E-state index contributed by atoms with van der Waals surface area (Å²) in [5.74, 6) is -2.30. The van der Waals surface area contributed by atoms with Crippen molar-refractivity contribution in [2.75, 3.05) is 0 Å². The predicted molar refractivity (Wildman–Crippen MR) is 97.3 cm³/mol. The molecule has 0 saturated heterocycles. The Morgan fingerprint density at radius 3 is 2.36 bits per heavy atom. The lowest BCUT2D eigenvalue weighted by Crippen LogP contribution is -2.13. The van der Waals surface area contributed by atoms with Crippen LogP contribution in [0.3, 0.4) is 0 Å². The van der Waals surface area contributed by atoms with E-state index in [1.165, 1.54) is 44.9 Å². The van der Waals surface area contributed by atoms with E-state index in [9.17, 15) is 13.2 Å². The van der Waals surface area contributed by atoms with Gasteiger partial charge in [0.15, 0.2) is 17.5 Å². The molecule has 0 bridgehead atoms. The van der Waals surface area contributed by atoms with Gasteiger partial charge >= 0.3 is 0 Å². The van der Waals surface area contributed by atoms with Crippen LogP contribution in [-0.4, -0.2) is 0 Å². The van der Waals surface area contributed by atoms with E-state index >= 15 is 0 Å². The van der Waals surface area contributed by atoms with Crippen molar-refractivity contribution >= 4 is 10.8 Å². The van der Waals surface area contributed by atoms with Crippen LogP contribution in [0.1, 0.15) is 76.2 Å². The molecule has 0 aliphatic heterocycles. The van der Waals surface area contributed by atoms with E-state index in [2.05, 4.69) is 6.92 Å². The van der Waals surface area contributed by atoms with Gasteiger partial charge in [0, 0.05) is 5.39 Å². The summed E-state index contributed by atoms with van der Waals surface area (Å²) in [5, 5.41) is 0.614. The van der Waals surface area contributed by atoms with Gasteiger partial charge in [0.05, 0.1) is 0 Å². The van der Waals surface area contributed by atoms with E-state index in [1.807, 2.05) is 12.1 Å². The minimum absolute atomic E-state index is 0.160. The summed E-state index contributed by atoms with van der Waals surface area (Å²) in [4.78, 5) is 0. The van der Waals surface area contributed by atoms with E-state index in [1.54, 1.807) is 6.07 Å². The third-order valence-electron chi connectivity index (χ3n) is 5.78. The van der Waals surface area contributed by atoms with Crippen molar-refractivity contribution < 1.29 is 13.2 Å². The number of halogens is 3. The van der Waals surface area contributed by atoms with Crippen LogP contribution < -0.4 is 0 Å². The molecule has 0 atom stereocenters. The number of benzene rings is 2. The van der Waals surface area contributed by atoms with Crippen LogP contribution in [0, 0.1) is 23.4 Å². The molecule has 0 aromatic heterocycles. The number of hydrogen-bond acceptors (Lipinski definition) is 0. The number of fused-ring (bicyclic) bond motifs is 1. The fraction of sp³-hybridized carbons (Fsp3) is 0.545. The molecule has 0 radical (unpaired) electrons. The summed E-state index contributed by atoms with van der Waals surface area (Å²) >= 11 is 0. The molecule has 136 valence electrons. The summed E-state index contributed by atoms with van der Waals surface area (Å²) in [6.07, 6.45) is 11.4. The van der Waals surface area contributed by atoms with Gasteiger partial charge in [-0.15, -0.1) is 0 Å². The van der Waals surface area contributed by atoms with Crippen LogP contribution in [0.4, 0.5) is 13.2 Å². The molecule has 1 aliphatic carbocycles. The number of hydrogen-bond donors (Lipinski definition) is 0. The second-order valence-corrected chi connectivity index (χ2v) is 7.53. The first-order chi connectivity index (χ1) is 12.1. The molecule has 2 aromatic carbocycles.